The lowest BCUT2D eigenvalue weighted by Gasteiger charge is -2.08. The Hall–Kier alpha value is -2.08. The van der Waals surface area contributed by atoms with E-state index in [1.54, 1.807) is 12.1 Å². The van der Waals surface area contributed by atoms with Gasteiger partial charge in [-0.2, -0.15) is 5.26 Å². The first kappa shape index (κ1) is 10.4. The molecule has 0 saturated carbocycles. The summed E-state index contributed by atoms with van der Waals surface area (Å²) in [5.74, 6) is -0.275. The van der Waals surface area contributed by atoms with Gasteiger partial charge in [-0.1, -0.05) is 6.07 Å². The van der Waals surface area contributed by atoms with E-state index in [0.717, 1.165) is 17.1 Å². The highest BCUT2D eigenvalue weighted by Gasteiger charge is 2.10. The van der Waals surface area contributed by atoms with Gasteiger partial charge in [0.15, 0.2) is 0 Å². The number of aromatic nitrogens is 1. The van der Waals surface area contributed by atoms with Crippen LogP contribution in [-0.2, 0) is 0 Å². The van der Waals surface area contributed by atoms with E-state index in [1.807, 2.05) is 24.5 Å². The molecule has 2 nitrogen and oxygen atoms in total. The van der Waals surface area contributed by atoms with Gasteiger partial charge in [-0.25, -0.2) is 4.39 Å². The summed E-state index contributed by atoms with van der Waals surface area (Å²) in [5, 5.41) is 8.92. The summed E-state index contributed by atoms with van der Waals surface area (Å²) in [7, 11) is 0. The van der Waals surface area contributed by atoms with Crippen LogP contribution in [0.2, 0.25) is 0 Å². The first-order valence-corrected chi connectivity index (χ1v) is 4.98. The van der Waals surface area contributed by atoms with Crippen molar-refractivity contribution >= 4 is 0 Å². The maximum Gasteiger partial charge on any atom is 0.125 e. The lowest BCUT2D eigenvalue weighted by atomic mass is 10.2. The highest BCUT2D eigenvalue weighted by atomic mass is 19.1. The molecule has 0 unspecified atom stereocenters. The van der Waals surface area contributed by atoms with Gasteiger partial charge in [0.25, 0.3) is 0 Å². The van der Waals surface area contributed by atoms with Gasteiger partial charge in [-0.15, -0.1) is 0 Å². The highest BCUT2D eigenvalue weighted by Crippen LogP contribution is 2.20. The molecule has 2 rings (SSSR count). The zero-order chi connectivity index (χ0) is 11.7. The quantitative estimate of drug-likeness (QED) is 0.717. The molecule has 0 radical (unpaired) electrons. The second-order valence-corrected chi connectivity index (χ2v) is 3.71. The van der Waals surface area contributed by atoms with Gasteiger partial charge in [0.05, 0.1) is 5.56 Å². The Morgan fingerprint density at radius 3 is 2.56 bits per heavy atom. The third kappa shape index (κ3) is 1.59. The third-order valence-corrected chi connectivity index (χ3v) is 2.62. The van der Waals surface area contributed by atoms with Crippen molar-refractivity contribution in [3.05, 3.63) is 53.1 Å². The molecule has 0 bridgehead atoms. The van der Waals surface area contributed by atoms with E-state index in [4.69, 9.17) is 5.26 Å². The summed E-state index contributed by atoms with van der Waals surface area (Å²) in [6.07, 6.45) is 0. The van der Waals surface area contributed by atoms with E-state index in [1.165, 1.54) is 12.1 Å². The molecule has 0 aliphatic heterocycles. The van der Waals surface area contributed by atoms with Crippen LogP contribution < -0.4 is 0 Å². The van der Waals surface area contributed by atoms with Crippen molar-refractivity contribution in [2.24, 2.45) is 0 Å². The van der Waals surface area contributed by atoms with Crippen LogP contribution in [0.25, 0.3) is 5.69 Å². The van der Waals surface area contributed by atoms with Gasteiger partial charge < -0.3 is 4.57 Å². The fourth-order valence-corrected chi connectivity index (χ4v) is 1.89. The topological polar surface area (TPSA) is 28.7 Å². The normalized spacial score (nSPS) is 10.1. The van der Waals surface area contributed by atoms with Crippen LogP contribution in [0.5, 0.6) is 0 Å². The lowest BCUT2D eigenvalue weighted by Crippen LogP contribution is -1.99. The second-order valence-electron chi connectivity index (χ2n) is 3.71. The van der Waals surface area contributed by atoms with E-state index < -0.39 is 0 Å². The Bertz CT molecular complexity index is 576. The van der Waals surface area contributed by atoms with Crippen molar-refractivity contribution < 1.29 is 4.39 Å². The van der Waals surface area contributed by atoms with Crippen LogP contribution in [0.4, 0.5) is 4.39 Å². The number of hydrogen-bond acceptors (Lipinski definition) is 1. The van der Waals surface area contributed by atoms with Crippen LogP contribution in [0.3, 0.4) is 0 Å². The molecule has 0 saturated heterocycles. The molecule has 0 N–H and O–H groups in total. The Balaban J connectivity index is 2.65. The molecular formula is C13H11FN2. The van der Waals surface area contributed by atoms with Gasteiger partial charge in [0.2, 0.25) is 0 Å². The van der Waals surface area contributed by atoms with Gasteiger partial charge >= 0.3 is 0 Å². The predicted molar refractivity (Wildman–Crippen MR) is 59.9 cm³/mol. The van der Waals surface area contributed by atoms with Crippen molar-refractivity contribution in [3.8, 4) is 11.8 Å². The average molecular weight is 214 g/mol. The van der Waals surface area contributed by atoms with Crippen LogP contribution >= 0.6 is 0 Å². The molecule has 1 aromatic heterocycles. The zero-order valence-corrected chi connectivity index (χ0v) is 9.16. The van der Waals surface area contributed by atoms with Crippen molar-refractivity contribution in [3.63, 3.8) is 0 Å². The summed E-state index contributed by atoms with van der Waals surface area (Å²) in [6.45, 7) is 3.76. The van der Waals surface area contributed by atoms with Crippen molar-refractivity contribution in [2.75, 3.05) is 0 Å². The molecule has 0 fully saturated rings. The summed E-state index contributed by atoms with van der Waals surface area (Å²) in [5.41, 5.74) is 3.14. The summed E-state index contributed by atoms with van der Waals surface area (Å²) < 4.78 is 15.0. The molecule has 3 heteroatoms. The highest BCUT2D eigenvalue weighted by molar-refractivity contribution is 5.45. The van der Waals surface area contributed by atoms with Gasteiger partial charge in [0, 0.05) is 17.1 Å². The lowest BCUT2D eigenvalue weighted by molar-refractivity contribution is 0.626. The summed E-state index contributed by atoms with van der Waals surface area (Å²) >= 11 is 0. The zero-order valence-electron chi connectivity index (χ0n) is 9.16. The average Bonchev–Trinajstić information content (AvgIpc) is 2.53. The van der Waals surface area contributed by atoms with Gasteiger partial charge in [-0.3, -0.25) is 0 Å². The molecular weight excluding hydrogens is 203 g/mol. The van der Waals surface area contributed by atoms with Crippen LogP contribution in [0.15, 0.2) is 30.3 Å². The maximum atomic E-state index is 13.1. The molecule has 1 aromatic carbocycles. The van der Waals surface area contributed by atoms with E-state index in [2.05, 4.69) is 6.07 Å². The smallest absolute Gasteiger partial charge is 0.125 e. The van der Waals surface area contributed by atoms with Crippen LogP contribution in [-0.4, -0.2) is 4.57 Å². The number of hydrogen-bond donors (Lipinski definition) is 0. The minimum Gasteiger partial charge on any atom is -0.317 e. The fourth-order valence-electron chi connectivity index (χ4n) is 1.89. The number of rotatable bonds is 1. The molecule has 1 heterocycles. The van der Waals surface area contributed by atoms with E-state index >= 15 is 0 Å². The number of aryl methyl sites for hydroxylation is 1. The molecule has 0 atom stereocenters. The fraction of sp³-hybridized carbons (Fsp3) is 0.154. The molecule has 0 amide bonds. The van der Waals surface area contributed by atoms with Crippen LogP contribution in [0.1, 0.15) is 17.0 Å². The Morgan fingerprint density at radius 1 is 1.25 bits per heavy atom. The monoisotopic (exact) mass is 214 g/mol. The van der Waals surface area contributed by atoms with Crippen molar-refractivity contribution in [1.82, 2.24) is 4.57 Å². The van der Waals surface area contributed by atoms with Gasteiger partial charge in [0.1, 0.15) is 11.9 Å². The maximum absolute atomic E-state index is 13.1. The molecule has 0 aliphatic carbocycles. The Labute approximate surface area is 93.6 Å². The minimum absolute atomic E-state index is 0.275. The Morgan fingerprint density at radius 2 is 2.00 bits per heavy atom. The van der Waals surface area contributed by atoms with Crippen molar-refractivity contribution in [2.45, 2.75) is 13.8 Å². The van der Waals surface area contributed by atoms with E-state index in [9.17, 15) is 4.39 Å². The number of nitriles is 1. The van der Waals surface area contributed by atoms with E-state index in [0.29, 0.717) is 5.56 Å². The van der Waals surface area contributed by atoms with Crippen molar-refractivity contribution in [1.29, 1.82) is 5.26 Å². The first-order chi connectivity index (χ1) is 7.63. The largest absolute Gasteiger partial charge is 0.317 e. The molecule has 0 spiro atoms. The van der Waals surface area contributed by atoms with Gasteiger partial charge in [-0.05, 0) is 38.1 Å². The molecule has 2 aromatic rings. The Kier molecular flexibility index (Phi) is 2.49. The number of benzene rings is 1. The second kappa shape index (κ2) is 3.82. The standard InChI is InChI=1S/C13H11FN2/c1-9-6-11(8-15)10(2)16(9)13-5-3-4-12(14)7-13/h3-7H,1-2H3. The summed E-state index contributed by atoms with van der Waals surface area (Å²) in [6, 6.07) is 10.3. The third-order valence-electron chi connectivity index (χ3n) is 2.62. The predicted octanol–water partition coefficient (Wildman–Crippen LogP) is 3.10. The van der Waals surface area contributed by atoms with Crippen LogP contribution in [0, 0.1) is 31.0 Å². The molecule has 0 aliphatic rings. The first-order valence-electron chi connectivity index (χ1n) is 4.98. The minimum atomic E-state index is -0.275. The number of nitrogens with zero attached hydrogens (tertiary/aromatic N) is 2. The van der Waals surface area contributed by atoms with E-state index in [-0.39, 0.29) is 5.82 Å². The summed E-state index contributed by atoms with van der Waals surface area (Å²) in [4.78, 5) is 0. The molecule has 16 heavy (non-hydrogen) atoms. The number of halogens is 1. The molecule has 80 valence electrons. The SMILES string of the molecule is Cc1cc(C#N)c(C)n1-c1cccc(F)c1.